The molecule has 1 atom stereocenters. The van der Waals surface area contributed by atoms with E-state index in [1.807, 2.05) is 40.1 Å². The van der Waals surface area contributed by atoms with Gasteiger partial charge in [-0.25, -0.2) is 0 Å². The zero-order valence-electron chi connectivity index (χ0n) is 14.5. The maximum Gasteiger partial charge on any atom is 0.270 e. The average molecular weight is 339 g/mol. The van der Waals surface area contributed by atoms with E-state index < -0.39 is 0 Å². The lowest BCUT2D eigenvalue weighted by Crippen LogP contribution is -2.48. The van der Waals surface area contributed by atoms with Gasteiger partial charge in [0.25, 0.3) is 5.91 Å². The van der Waals surface area contributed by atoms with Crippen molar-refractivity contribution in [3.63, 3.8) is 0 Å². The van der Waals surface area contributed by atoms with Crippen molar-refractivity contribution in [2.24, 2.45) is 5.92 Å². The summed E-state index contributed by atoms with van der Waals surface area (Å²) in [7, 11) is 0. The van der Waals surface area contributed by atoms with Gasteiger partial charge in [-0.3, -0.25) is 9.59 Å². The Bertz CT molecular complexity index is 743. The molecule has 0 spiro atoms. The highest BCUT2D eigenvalue weighted by Crippen LogP contribution is 2.23. The third-order valence-electron chi connectivity index (χ3n) is 5.49. The summed E-state index contributed by atoms with van der Waals surface area (Å²) >= 11 is 0. The van der Waals surface area contributed by atoms with Crippen molar-refractivity contribution in [2.45, 2.75) is 32.1 Å². The van der Waals surface area contributed by atoms with Crippen LogP contribution >= 0.6 is 0 Å². The van der Waals surface area contributed by atoms with Crippen molar-refractivity contribution in [3.05, 3.63) is 36.0 Å². The lowest BCUT2D eigenvalue weighted by Gasteiger charge is -2.36. The number of likely N-dealkylation sites (tertiary alicyclic amines) is 2. The Morgan fingerprint density at radius 3 is 2.52 bits per heavy atom. The molecule has 2 aliphatic heterocycles. The van der Waals surface area contributed by atoms with E-state index in [1.165, 1.54) is 6.42 Å². The molecule has 5 nitrogen and oxygen atoms in total. The number of piperidine rings is 2. The number of benzene rings is 1. The van der Waals surface area contributed by atoms with Crippen LogP contribution in [-0.2, 0) is 4.79 Å². The van der Waals surface area contributed by atoms with Crippen LogP contribution in [0.4, 0.5) is 0 Å². The molecule has 2 aliphatic rings. The molecule has 0 aliphatic carbocycles. The Labute approximate surface area is 148 Å². The minimum absolute atomic E-state index is 0.00680. The molecule has 25 heavy (non-hydrogen) atoms. The molecule has 2 amide bonds. The molecule has 3 heterocycles. The zero-order valence-corrected chi connectivity index (χ0v) is 14.5. The predicted molar refractivity (Wildman–Crippen MR) is 97.4 cm³/mol. The van der Waals surface area contributed by atoms with Gasteiger partial charge < -0.3 is 14.8 Å². The number of aromatic amines is 1. The average Bonchev–Trinajstić information content (AvgIpc) is 3.12. The SMILES string of the molecule is O=C(c1cc2ccccc2[nH]1)N1CCC[C@H](C(=O)N2CCCCC2)C1. The molecule has 1 N–H and O–H groups in total. The molecule has 2 saturated heterocycles. The number of hydrogen-bond donors (Lipinski definition) is 1. The number of aromatic nitrogens is 1. The minimum atomic E-state index is -0.0415. The molecule has 1 aromatic heterocycles. The standard InChI is InChI=1S/C20H25N3O2/c24-19(22-10-4-1-5-11-22)16-8-6-12-23(14-16)20(25)18-13-15-7-2-3-9-17(15)21-18/h2-3,7,9,13,16,21H,1,4-6,8,10-12,14H2/t16-/m0/s1. The summed E-state index contributed by atoms with van der Waals surface area (Å²) in [5.41, 5.74) is 1.59. The number of nitrogens with zero attached hydrogens (tertiary/aromatic N) is 2. The van der Waals surface area contributed by atoms with E-state index in [-0.39, 0.29) is 17.7 Å². The van der Waals surface area contributed by atoms with Gasteiger partial charge in [-0.05, 0) is 44.2 Å². The molecule has 2 aromatic rings. The predicted octanol–water partition coefficient (Wildman–Crippen LogP) is 3.03. The fourth-order valence-corrected chi connectivity index (χ4v) is 4.09. The van der Waals surface area contributed by atoms with Gasteiger partial charge in [-0.2, -0.15) is 0 Å². The Morgan fingerprint density at radius 1 is 0.960 bits per heavy atom. The van der Waals surface area contributed by atoms with Crippen LogP contribution in [0.3, 0.4) is 0 Å². The Hall–Kier alpha value is -2.30. The Morgan fingerprint density at radius 2 is 1.72 bits per heavy atom. The summed E-state index contributed by atoms with van der Waals surface area (Å²) < 4.78 is 0. The number of para-hydroxylation sites is 1. The van der Waals surface area contributed by atoms with Crippen LogP contribution in [0.5, 0.6) is 0 Å². The van der Waals surface area contributed by atoms with Crippen molar-refractivity contribution in [1.29, 1.82) is 0 Å². The first-order chi connectivity index (χ1) is 12.2. The number of amides is 2. The van der Waals surface area contributed by atoms with Crippen LogP contribution in [0, 0.1) is 5.92 Å². The number of rotatable bonds is 2. The van der Waals surface area contributed by atoms with E-state index in [0.717, 1.165) is 56.2 Å². The van der Waals surface area contributed by atoms with Gasteiger partial charge in [-0.1, -0.05) is 18.2 Å². The molecule has 4 rings (SSSR count). The van der Waals surface area contributed by atoms with E-state index in [1.54, 1.807) is 0 Å². The van der Waals surface area contributed by atoms with Gasteiger partial charge in [0.1, 0.15) is 5.69 Å². The molecule has 5 heteroatoms. The van der Waals surface area contributed by atoms with Gasteiger partial charge in [-0.15, -0.1) is 0 Å². The fraction of sp³-hybridized carbons (Fsp3) is 0.500. The molecule has 0 radical (unpaired) electrons. The van der Waals surface area contributed by atoms with Crippen LogP contribution in [0.25, 0.3) is 10.9 Å². The Balaban J connectivity index is 1.46. The molecule has 132 valence electrons. The second kappa shape index (κ2) is 6.90. The summed E-state index contributed by atoms with van der Waals surface area (Å²) in [5.74, 6) is 0.210. The summed E-state index contributed by atoms with van der Waals surface area (Å²) in [6.45, 7) is 3.04. The van der Waals surface area contributed by atoms with Crippen LogP contribution in [-0.4, -0.2) is 52.8 Å². The summed E-state index contributed by atoms with van der Waals surface area (Å²) in [6.07, 6.45) is 5.23. The first-order valence-electron chi connectivity index (χ1n) is 9.38. The summed E-state index contributed by atoms with van der Waals surface area (Å²) in [6, 6.07) is 9.82. The topological polar surface area (TPSA) is 56.4 Å². The van der Waals surface area contributed by atoms with E-state index in [2.05, 4.69) is 4.98 Å². The van der Waals surface area contributed by atoms with Gasteiger partial charge >= 0.3 is 0 Å². The number of fused-ring (bicyclic) bond motifs is 1. The minimum Gasteiger partial charge on any atom is -0.351 e. The van der Waals surface area contributed by atoms with Crippen LogP contribution < -0.4 is 0 Å². The third-order valence-corrected chi connectivity index (χ3v) is 5.49. The van der Waals surface area contributed by atoms with Crippen molar-refractivity contribution in [1.82, 2.24) is 14.8 Å². The molecule has 0 saturated carbocycles. The molecule has 0 unspecified atom stereocenters. The maximum atomic E-state index is 12.9. The van der Waals surface area contributed by atoms with Gasteiger partial charge in [0.2, 0.25) is 5.91 Å². The van der Waals surface area contributed by atoms with E-state index in [9.17, 15) is 9.59 Å². The molecular weight excluding hydrogens is 314 g/mol. The Kier molecular flexibility index (Phi) is 4.47. The first kappa shape index (κ1) is 16.2. The number of carbonyl (C=O) groups is 2. The number of carbonyl (C=O) groups excluding carboxylic acids is 2. The fourth-order valence-electron chi connectivity index (χ4n) is 4.09. The molecule has 2 fully saturated rings. The van der Waals surface area contributed by atoms with Crippen LogP contribution in [0.1, 0.15) is 42.6 Å². The molecular formula is C20H25N3O2. The second-order valence-electron chi connectivity index (χ2n) is 7.25. The quantitative estimate of drug-likeness (QED) is 0.914. The van der Waals surface area contributed by atoms with Crippen molar-refractivity contribution >= 4 is 22.7 Å². The second-order valence-corrected chi connectivity index (χ2v) is 7.25. The monoisotopic (exact) mass is 339 g/mol. The molecule has 0 bridgehead atoms. The van der Waals surface area contributed by atoms with Crippen LogP contribution in [0.15, 0.2) is 30.3 Å². The maximum absolute atomic E-state index is 12.9. The van der Waals surface area contributed by atoms with Crippen molar-refractivity contribution in [2.75, 3.05) is 26.2 Å². The number of hydrogen-bond acceptors (Lipinski definition) is 2. The van der Waals surface area contributed by atoms with E-state index in [4.69, 9.17) is 0 Å². The summed E-state index contributed by atoms with van der Waals surface area (Å²) in [5, 5.41) is 1.05. The smallest absolute Gasteiger partial charge is 0.270 e. The van der Waals surface area contributed by atoms with Gasteiger partial charge in [0.15, 0.2) is 0 Å². The number of H-pyrrole nitrogens is 1. The van der Waals surface area contributed by atoms with E-state index in [0.29, 0.717) is 12.2 Å². The van der Waals surface area contributed by atoms with Crippen LogP contribution in [0.2, 0.25) is 0 Å². The highest BCUT2D eigenvalue weighted by atomic mass is 16.2. The normalized spacial score (nSPS) is 21.5. The van der Waals surface area contributed by atoms with Gasteiger partial charge in [0.05, 0.1) is 5.92 Å². The summed E-state index contributed by atoms with van der Waals surface area (Å²) in [4.78, 5) is 32.7. The number of nitrogens with one attached hydrogen (secondary N) is 1. The zero-order chi connectivity index (χ0) is 17.2. The lowest BCUT2D eigenvalue weighted by atomic mass is 9.95. The highest BCUT2D eigenvalue weighted by Gasteiger charge is 2.32. The largest absolute Gasteiger partial charge is 0.351 e. The third kappa shape index (κ3) is 3.28. The van der Waals surface area contributed by atoms with Gasteiger partial charge in [0, 0.05) is 37.1 Å². The lowest BCUT2D eigenvalue weighted by molar-refractivity contribution is -0.137. The first-order valence-corrected chi connectivity index (χ1v) is 9.38. The van der Waals surface area contributed by atoms with E-state index >= 15 is 0 Å². The van der Waals surface area contributed by atoms with Crippen molar-refractivity contribution < 1.29 is 9.59 Å². The highest BCUT2D eigenvalue weighted by molar-refractivity contribution is 5.98. The molecule has 1 aromatic carbocycles. The van der Waals surface area contributed by atoms with Crippen molar-refractivity contribution in [3.8, 4) is 0 Å².